The van der Waals surface area contributed by atoms with E-state index in [4.69, 9.17) is 0 Å². The topological polar surface area (TPSA) is 104 Å². The van der Waals surface area contributed by atoms with Crippen LogP contribution in [0.5, 0.6) is 0 Å². The van der Waals surface area contributed by atoms with Crippen LogP contribution in [0.1, 0.15) is 34.8 Å². The smallest absolute Gasteiger partial charge is 0.254 e. The molecule has 1 fully saturated rings. The Hall–Kier alpha value is -4.23. The van der Waals surface area contributed by atoms with Gasteiger partial charge in [0.1, 0.15) is 22.7 Å². The quantitative estimate of drug-likeness (QED) is 0.314. The van der Waals surface area contributed by atoms with Gasteiger partial charge in [-0.15, -0.1) is 0 Å². The zero-order chi connectivity index (χ0) is 29.1. The fourth-order valence-corrected chi connectivity index (χ4v) is 6.64. The first-order valence-electron chi connectivity index (χ1n) is 12.9. The maximum absolute atomic E-state index is 14.2. The lowest BCUT2D eigenvalue weighted by Gasteiger charge is -2.34. The molecular weight excluding hydrogens is 557 g/mol. The standard InChI is InChI=1S/C28H25F3N6O3S/c1-16(26-33-24-20(30)15-19(29)23(31)25(24)34-26)27-32-21-9-8-17(14-22(21)35(27)2)28(38)36-10-12-37(13-11-36)41(39,40)18-6-4-3-5-7-18/h3-9,14-16H,10-13H2,1-2H3,(H,33,34). The summed E-state index contributed by atoms with van der Waals surface area (Å²) in [5.41, 5.74) is 1.02. The second kappa shape index (κ2) is 10.00. The van der Waals surface area contributed by atoms with Gasteiger partial charge >= 0.3 is 0 Å². The van der Waals surface area contributed by atoms with Crippen molar-refractivity contribution >= 4 is 38.0 Å². The third-order valence-electron chi connectivity index (χ3n) is 7.50. The minimum absolute atomic E-state index is 0.182. The molecule has 1 amide bonds. The number of hydrogen-bond donors (Lipinski definition) is 1. The Kier molecular flexibility index (Phi) is 6.57. The lowest BCUT2D eigenvalue weighted by atomic mass is 10.1. The van der Waals surface area contributed by atoms with Crippen molar-refractivity contribution in [2.45, 2.75) is 17.7 Å². The Balaban J connectivity index is 1.22. The zero-order valence-corrected chi connectivity index (χ0v) is 22.9. The van der Waals surface area contributed by atoms with Crippen LogP contribution in [0.25, 0.3) is 22.1 Å². The third-order valence-corrected chi connectivity index (χ3v) is 9.41. The van der Waals surface area contributed by atoms with Gasteiger partial charge < -0.3 is 14.5 Å². The largest absolute Gasteiger partial charge is 0.339 e. The highest BCUT2D eigenvalue weighted by molar-refractivity contribution is 7.89. The Bertz CT molecular complexity index is 1920. The molecule has 0 saturated carbocycles. The zero-order valence-electron chi connectivity index (χ0n) is 22.1. The Labute approximate surface area is 233 Å². The first-order chi connectivity index (χ1) is 19.6. The number of nitrogens with zero attached hydrogens (tertiary/aromatic N) is 5. The molecule has 0 spiro atoms. The highest BCUT2D eigenvalue weighted by atomic mass is 32.2. The van der Waals surface area contributed by atoms with Gasteiger partial charge in [0, 0.05) is 44.9 Å². The lowest BCUT2D eigenvalue weighted by Crippen LogP contribution is -2.50. The van der Waals surface area contributed by atoms with E-state index >= 15 is 0 Å². The van der Waals surface area contributed by atoms with Gasteiger partial charge in [-0.2, -0.15) is 4.31 Å². The molecule has 1 unspecified atom stereocenters. The van der Waals surface area contributed by atoms with Crippen molar-refractivity contribution in [3.8, 4) is 0 Å². The molecule has 2 aromatic heterocycles. The first kappa shape index (κ1) is 27.0. The summed E-state index contributed by atoms with van der Waals surface area (Å²) in [5.74, 6) is -3.53. The summed E-state index contributed by atoms with van der Waals surface area (Å²) in [7, 11) is -1.88. The molecular formula is C28H25F3N6O3S. The van der Waals surface area contributed by atoms with Gasteiger partial charge in [0.2, 0.25) is 10.0 Å². The number of amides is 1. The van der Waals surface area contributed by atoms with Gasteiger partial charge in [-0.05, 0) is 37.3 Å². The van der Waals surface area contributed by atoms with Crippen LogP contribution in [0.4, 0.5) is 13.2 Å². The number of carbonyl (C=O) groups is 1. The summed E-state index contributed by atoms with van der Waals surface area (Å²) in [6, 6.07) is 13.7. The van der Waals surface area contributed by atoms with Crippen LogP contribution in [-0.2, 0) is 17.1 Å². The predicted molar refractivity (Wildman–Crippen MR) is 145 cm³/mol. The molecule has 5 aromatic rings. The summed E-state index contributed by atoms with van der Waals surface area (Å²) in [5, 5.41) is 0. The van der Waals surface area contributed by atoms with Crippen LogP contribution in [0, 0.1) is 17.5 Å². The number of carbonyl (C=O) groups excluding carboxylic acids is 1. The van der Waals surface area contributed by atoms with Crippen molar-refractivity contribution in [1.82, 2.24) is 28.7 Å². The lowest BCUT2D eigenvalue weighted by molar-refractivity contribution is 0.0698. The molecule has 3 heterocycles. The molecule has 13 heteroatoms. The average Bonchev–Trinajstić information content (AvgIpc) is 3.58. The number of hydrogen-bond acceptors (Lipinski definition) is 5. The van der Waals surface area contributed by atoms with Crippen molar-refractivity contribution in [3.63, 3.8) is 0 Å². The molecule has 3 aromatic carbocycles. The summed E-state index contributed by atoms with van der Waals surface area (Å²) in [4.78, 5) is 26.7. The Morgan fingerprint density at radius 1 is 0.951 bits per heavy atom. The molecule has 1 saturated heterocycles. The Morgan fingerprint density at radius 2 is 1.66 bits per heavy atom. The normalized spacial score (nSPS) is 15.6. The van der Waals surface area contributed by atoms with Gasteiger partial charge in [-0.25, -0.2) is 31.6 Å². The molecule has 41 heavy (non-hydrogen) atoms. The molecule has 1 N–H and O–H groups in total. The minimum Gasteiger partial charge on any atom is -0.339 e. The summed E-state index contributed by atoms with van der Waals surface area (Å²) < 4.78 is 71.1. The second-order valence-corrected chi connectivity index (χ2v) is 11.9. The van der Waals surface area contributed by atoms with E-state index in [0.29, 0.717) is 28.5 Å². The molecule has 212 valence electrons. The third kappa shape index (κ3) is 4.54. The van der Waals surface area contributed by atoms with Gasteiger partial charge in [0.15, 0.2) is 17.5 Å². The van der Waals surface area contributed by atoms with E-state index in [1.54, 1.807) is 72.0 Å². The molecule has 0 radical (unpaired) electrons. The molecule has 1 atom stereocenters. The molecule has 1 aliphatic heterocycles. The van der Waals surface area contributed by atoms with Crippen LogP contribution < -0.4 is 0 Å². The van der Waals surface area contributed by atoms with E-state index < -0.39 is 33.4 Å². The fourth-order valence-electron chi connectivity index (χ4n) is 5.20. The number of fused-ring (bicyclic) bond motifs is 2. The van der Waals surface area contributed by atoms with Crippen molar-refractivity contribution in [3.05, 3.63) is 89.3 Å². The van der Waals surface area contributed by atoms with E-state index in [1.807, 2.05) is 0 Å². The van der Waals surface area contributed by atoms with Gasteiger partial charge in [0.25, 0.3) is 5.91 Å². The minimum atomic E-state index is -3.64. The maximum atomic E-state index is 14.2. The second-order valence-electron chi connectivity index (χ2n) is 9.96. The van der Waals surface area contributed by atoms with Crippen LogP contribution in [-0.4, -0.2) is 69.2 Å². The average molecular weight is 583 g/mol. The maximum Gasteiger partial charge on any atom is 0.254 e. The first-order valence-corrected chi connectivity index (χ1v) is 14.3. The van der Waals surface area contributed by atoms with Crippen molar-refractivity contribution in [2.75, 3.05) is 26.2 Å². The number of aromatic amines is 1. The molecule has 6 rings (SSSR count). The number of nitrogens with one attached hydrogen (secondary N) is 1. The van der Waals surface area contributed by atoms with Crippen LogP contribution in [0.3, 0.4) is 0 Å². The van der Waals surface area contributed by atoms with E-state index in [1.165, 1.54) is 4.31 Å². The highest BCUT2D eigenvalue weighted by Gasteiger charge is 2.31. The van der Waals surface area contributed by atoms with Gasteiger partial charge in [-0.3, -0.25) is 4.79 Å². The number of aromatic nitrogens is 4. The number of H-pyrrole nitrogens is 1. The molecule has 9 nitrogen and oxygen atoms in total. The molecule has 0 aliphatic carbocycles. The number of aryl methyl sites for hydroxylation is 1. The van der Waals surface area contributed by atoms with Crippen molar-refractivity contribution in [2.24, 2.45) is 7.05 Å². The van der Waals surface area contributed by atoms with E-state index in [0.717, 1.165) is 0 Å². The van der Waals surface area contributed by atoms with E-state index in [2.05, 4.69) is 15.0 Å². The number of piperazine rings is 1. The summed E-state index contributed by atoms with van der Waals surface area (Å²) in [6.45, 7) is 2.61. The SMILES string of the molecule is CC(c1nc2c(F)cc(F)c(F)c2[nH]1)c1nc2ccc(C(=O)N3CCN(S(=O)(=O)c4ccccc4)CC3)cc2n1C. The van der Waals surface area contributed by atoms with Gasteiger partial charge in [-0.1, -0.05) is 18.2 Å². The predicted octanol–water partition coefficient (Wildman–Crippen LogP) is 4.17. The Morgan fingerprint density at radius 3 is 2.37 bits per heavy atom. The number of rotatable bonds is 5. The summed E-state index contributed by atoms with van der Waals surface area (Å²) >= 11 is 0. The van der Waals surface area contributed by atoms with Crippen LogP contribution in [0.2, 0.25) is 0 Å². The number of sulfonamides is 1. The van der Waals surface area contributed by atoms with Crippen molar-refractivity contribution < 1.29 is 26.4 Å². The molecule has 1 aliphatic rings. The van der Waals surface area contributed by atoms with E-state index in [-0.39, 0.29) is 53.8 Å². The van der Waals surface area contributed by atoms with E-state index in [9.17, 15) is 26.4 Å². The number of imidazole rings is 2. The monoisotopic (exact) mass is 582 g/mol. The highest BCUT2D eigenvalue weighted by Crippen LogP contribution is 2.29. The van der Waals surface area contributed by atoms with Gasteiger partial charge in [0.05, 0.1) is 21.8 Å². The van der Waals surface area contributed by atoms with Crippen LogP contribution in [0.15, 0.2) is 59.5 Å². The number of benzene rings is 3. The number of halogens is 3. The fraction of sp³-hybridized carbons (Fsp3) is 0.250. The molecule has 0 bridgehead atoms. The van der Waals surface area contributed by atoms with Crippen molar-refractivity contribution in [1.29, 1.82) is 0 Å². The summed E-state index contributed by atoms with van der Waals surface area (Å²) in [6.07, 6.45) is 0. The van der Waals surface area contributed by atoms with Crippen LogP contribution >= 0.6 is 0 Å².